The van der Waals surface area contributed by atoms with Crippen LogP contribution in [0.1, 0.15) is 27.0 Å². The molecule has 0 saturated carbocycles. The molecule has 0 fully saturated rings. The number of rotatable bonds is 3. The summed E-state index contributed by atoms with van der Waals surface area (Å²) in [5, 5.41) is 2.88. The SMILES string of the molecule is Cc1cc(C(=O)NCc2ccncc2)ccc1C#CCN. The van der Waals surface area contributed by atoms with E-state index in [0.29, 0.717) is 18.7 Å². The topological polar surface area (TPSA) is 68.0 Å². The zero-order valence-electron chi connectivity index (χ0n) is 11.9. The number of hydrogen-bond donors (Lipinski definition) is 2. The Labute approximate surface area is 124 Å². The molecule has 4 heteroatoms. The lowest BCUT2D eigenvalue weighted by atomic mass is 10.0. The van der Waals surface area contributed by atoms with Crippen molar-refractivity contribution in [2.24, 2.45) is 5.73 Å². The highest BCUT2D eigenvalue weighted by Crippen LogP contribution is 2.10. The van der Waals surface area contributed by atoms with Crippen LogP contribution in [0.15, 0.2) is 42.7 Å². The highest BCUT2D eigenvalue weighted by molar-refractivity contribution is 5.94. The Kier molecular flexibility index (Phi) is 5.08. The number of amides is 1. The average molecular weight is 279 g/mol. The summed E-state index contributed by atoms with van der Waals surface area (Å²) in [6.45, 7) is 2.74. The monoisotopic (exact) mass is 279 g/mol. The lowest BCUT2D eigenvalue weighted by molar-refractivity contribution is 0.0951. The molecule has 1 aromatic carbocycles. The number of aryl methyl sites for hydroxylation is 1. The summed E-state index contributed by atoms with van der Waals surface area (Å²) in [4.78, 5) is 16.1. The van der Waals surface area contributed by atoms with Crippen molar-refractivity contribution in [2.75, 3.05) is 6.54 Å². The van der Waals surface area contributed by atoms with Gasteiger partial charge < -0.3 is 11.1 Å². The maximum Gasteiger partial charge on any atom is 0.251 e. The van der Waals surface area contributed by atoms with Gasteiger partial charge in [-0.2, -0.15) is 0 Å². The van der Waals surface area contributed by atoms with Gasteiger partial charge >= 0.3 is 0 Å². The zero-order valence-corrected chi connectivity index (χ0v) is 11.9. The minimum Gasteiger partial charge on any atom is -0.348 e. The van der Waals surface area contributed by atoms with Crippen molar-refractivity contribution >= 4 is 5.91 Å². The molecule has 21 heavy (non-hydrogen) atoms. The Hall–Kier alpha value is -2.64. The summed E-state index contributed by atoms with van der Waals surface area (Å²) in [6.07, 6.45) is 3.41. The minimum atomic E-state index is -0.103. The molecule has 0 unspecified atom stereocenters. The van der Waals surface area contributed by atoms with Gasteiger partial charge in [-0.1, -0.05) is 11.8 Å². The third-order valence-electron chi connectivity index (χ3n) is 3.02. The molecule has 0 radical (unpaired) electrons. The van der Waals surface area contributed by atoms with Crippen LogP contribution >= 0.6 is 0 Å². The van der Waals surface area contributed by atoms with E-state index in [0.717, 1.165) is 16.7 Å². The van der Waals surface area contributed by atoms with E-state index in [9.17, 15) is 4.79 Å². The molecule has 1 aromatic heterocycles. The van der Waals surface area contributed by atoms with Gasteiger partial charge in [-0.05, 0) is 48.4 Å². The van der Waals surface area contributed by atoms with Gasteiger partial charge in [0.15, 0.2) is 0 Å². The van der Waals surface area contributed by atoms with Crippen LogP contribution in [0.4, 0.5) is 0 Å². The smallest absolute Gasteiger partial charge is 0.251 e. The van der Waals surface area contributed by atoms with E-state index < -0.39 is 0 Å². The molecule has 3 N–H and O–H groups in total. The summed E-state index contributed by atoms with van der Waals surface area (Å²) in [6, 6.07) is 9.20. The Morgan fingerprint density at radius 3 is 2.71 bits per heavy atom. The lowest BCUT2D eigenvalue weighted by Gasteiger charge is -2.07. The molecule has 0 aliphatic carbocycles. The lowest BCUT2D eigenvalue weighted by Crippen LogP contribution is -2.22. The number of carbonyl (C=O) groups is 1. The third kappa shape index (κ3) is 4.16. The fourth-order valence-corrected chi connectivity index (χ4v) is 1.88. The van der Waals surface area contributed by atoms with Crippen molar-refractivity contribution in [1.82, 2.24) is 10.3 Å². The van der Waals surface area contributed by atoms with E-state index in [-0.39, 0.29) is 5.91 Å². The van der Waals surface area contributed by atoms with Crippen molar-refractivity contribution in [2.45, 2.75) is 13.5 Å². The molecule has 2 aromatic rings. The number of nitrogens with one attached hydrogen (secondary N) is 1. The number of nitrogens with zero attached hydrogens (tertiary/aromatic N) is 1. The van der Waals surface area contributed by atoms with Gasteiger partial charge in [0.05, 0.1) is 6.54 Å². The number of carbonyl (C=O) groups excluding carboxylic acids is 1. The fraction of sp³-hybridized carbons (Fsp3) is 0.176. The van der Waals surface area contributed by atoms with Crippen LogP contribution in [0.25, 0.3) is 0 Å². The minimum absolute atomic E-state index is 0.103. The summed E-state index contributed by atoms with van der Waals surface area (Å²) < 4.78 is 0. The van der Waals surface area contributed by atoms with E-state index in [4.69, 9.17) is 5.73 Å². The second-order valence-electron chi connectivity index (χ2n) is 4.57. The first-order valence-corrected chi connectivity index (χ1v) is 6.67. The highest BCUT2D eigenvalue weighted by Gasteiger charge is 2.06. The van der Waals surface area contributed by atoms with E-state index >= 15 is 0 Å². The van der Waals surface area contributed by atoms with Crippen molar-refractivity contribution < 1.29 is 4.79 Å². The van der Waals surface area contributed by atoms with Crippen molar-refractivity contribution in [1.29, 1.82) is 0 Å². The Morgan fingerprint density at radius 1 is 1.29 bits per heavy atom. The molecular weight excluding hydrogens is 262 g/mol. The Morgan fingerprint density at radius 2 is 2.05 bits per heavy atom. The molecule has 2 rings (SSSR count). The quantitative estimate of drug-likeness (QED) is 0.839. The van der Waals surface area contributed by atoms with E-state index in [1.54, 1.807) is 18.5 Å². The first kappa shape index (κ1) is 14.8. The average Bonchev–Trinajstić information content (AvgIpc) is 2.52. The molecule has 4 nitrogen and oxygen atoms in total. The second-order valence-corrected chi connectivity index (χ2v) is 4.57. The van der Waals surface area contributed by atoms with E-state index in [1.165, 1.54) is 0 Å². The predicted molar refractivity (Wildman–Crippen MR) is 82.5 cm³/mol. The van der Waals surface area contributed by atoms with E-state index in [2.05, 4.69) is 22.1 Å². The second kappa shape index (κ2) is 7.22. The normalized spacial score (nSPS) is 9.62. The molecule has 1 heterocycles. The van der Waals surface area contributed by atoms with Crippen LogP contribution in [-0.4, -0.2) is 17.4 Å². The number of benzene rings is 1. The number of aromatic nitrogens is 1. The predicted octanol–water partition coefficient (Wildman–Crippen LogP) is 1.63. The van der Waals surface area contributed by atoms with Gasteiger partial charge in [0, 0.05) is 30.1 Å². The Balaban J connectivity index is 2.04. The van der Waals surface area contributed by atoms with Crippen LogP contribution < -0.4 is 11.1 Å². The molecule has 0 spiro atoms. The highest BCUT2D eigenvalue weighted by atomic mass is 16.1. The molecule has 1 amide bonds. The summed E-state index contributed by atoms with van der Waals surface area (Å²) in [5.74, 6) is 5.69. The van der Waals surface area contributed by atoms with Crippen molar-refractivity contribution in [3.05, 3.63) is 65.0 Å². The molecule has 106 valence electrons. The number of pyridine rings is 1. The van der Waals surface area contributed by atoms with Crippen molar-refractivity contribution in [3.8, 4) is 11.8 Å². The van der Waals surface area contributed by atoms with Crippen LogP contribution in [0.2, 0.25) is 0 Å². The van der Waals surface area contributed by atoms with Crippen LogP contribution in [0.5, 0.6) is 0 Å². The number of nitrogens with two attached hydrogens (primary N) is 1. The molecular formula is C17H17N3O. The van der Waals surface area contributed by atoms with Crippen molar-refractivity contribution in [3.63, 3.8) is 0 Å². The Bertz CT molecular complexity index is 684. The van der Waals surface area contributed by atoms with Crippen LogP contribution in [0.3, 0.4) is 0 Å². The fourth-order valence-electron chi connectivity index (χ4n) is 1.88. The summed E-state index contributed by atoms with van der Waals surface area (Å²) in [7, 11) is 0. The van der Waals surface area contributed by atoms with Crippen LogP contribution in [0, 0.1) is 18.8 Å². The van der Waals surface area contributed by atoms with Crippen LogP contribution in [-0.2, 0) is 6.54 Å². The van der Waals surface area contributed by atoms with Gasteiger partial charge in [-0.3, -0.25) is 9.78 Å². The molecule has 0 aliphatic heterocycles. The molecule has 0 aliphatic rings. The maximum atomic E-state index is 12.1. The standard InChI is InChI=1S/C17H17N3O/c1-13-11-16(5-4-15(13)3-2-8-18)17(21)20-12-14-6-9-19-10-7-14/h4-7,9-11H,8,12,18H2,1H3,(H,20,21). The molecule has 0 atom stereocenters. The summed E-state index contributed by atoms with van der Waals surface area (Å²) >= 11 is 0. The third-order valence-corrected chi connectivity index (χ3v) is 3.02. The first-order valence-electron chi connectivity index (χ1n) is 6.67. The number of hydrogen-bond acceptors (Lipinski definition) is 3. The van der Waals surface area contributed by atoms with Gasteiger partial charge in [-0.25, -0.2) is 0 Å². The van der Waals surface area contributed by atoms with E-state index in [1.807, 2.05) is 31.2 Å². The largest absolute Gasteiger partial charge is 0.348 e. The molecule has 0 saturated heterocycles. The molecule has 0 bridgehead atoms. The van der Waals surface area contributed by atoms with Gasteiger partial charge in [-0.15, -0.1) is 0 Å². The van der Waals surface area contributed by atoms with Gasteiger partial charge in [0.25, 0.3) is 5.91 Å². The van der Waals surface area contributed by atoms with Gasteiger partial charge in [0.1, 0.15) is 0 Å². The first-order chi connectivity index (χ1) is 10.2. The zero-order chi connectivity index (χ0) is 15.1. The summed E-state index contributed by atoms with van der Waals surface area (Å²) in [5.41, 5.74) is 8.86. The van der Waals surface area contributed by atoms with Gasteiger partial charge in [0.2, 0.25) is 0 Å². The maximum absolute atomic E-state index is 12.1.